The molecule has 0 aliphatic carbocycles. The second-order valence-corrected chi connectivity index (χ2v) is 2.96. The predicted octanol–water partition coefficient (Wildman–Crippen LogP) is 2.81. The molecule has 1 aromatic heterocycles. The molecule has 1 aromatic rings. The summed E-state index contributed by atoms with van der Waals surface area (Å²) in [5, 5.41) is 0. The zero-order chi connectivity index (χ0) is 9.84. The maximum Gasteiger partial charge on any atom is 0.388 e. The number of ether oxygens (including phenoxy) is 1. The normalized spacial score (nSPS) is 10.9. The molecule has 0 saturated heterocycles. The number of hydrogen-bond donors (Lipinski definition) is 0. The SMILES string of the molecule is CC(C)c1ccc(OC(F)F)nc1. The van der Waals surface area contributed by atoms with Gasteiger partial charge in [-0.25, -0.2) is 4.98 Å². The average molecular weight is 187 g/mol. The fourth-order valence-electron chi connectivity index (χ4n) is 0.894. The van der Waals surface area contributed by atoms with Gasteiger partial charge in [-0.1, -0.05) is 19.9 Å². The molecular weight excluding hydrogens is 176 g/mol. The Balaban J connectivity index is 2.70. The number of nitrogens with zero attached hydrogens (tertiary/aromatic N) is 1. The largest absolute Gasteiger partial charge is 0.417 e. The van der Waals surface area contributed by atoms with Crippen molar-refractivity contribution < 1.29 is 13.5 Å². The molecule has 0 unspecified atom stereocenters. The van der Waals surface area contributed by atoms with Crippen LogP contribution in [0.4, 0.5) is 8.78 Å². The van der Waals surface area contributed by atoms with Crippen LogP contribution < -0.4 is 4.74 Å². The van der Waals surface area contributed by atoms with Crippen molar-refractivity contribution in [3.63, 3.8) is 0 Å². The van der Waals surface area contributed by atoms with Gasteiger partial charge in [-0.15, -0.1) is 0 Å². The monoisotopic (exact) mass is 187 g/mol. The maximum absolute atomic E-state index is 11.7. The summed E-state index contributed by atoms with van der Waals surface area (Å²) in [5.74, 6) is 0.299. The first-order valence-electron chi connectivity index (χ1n) is 4.00. The molecule has 1 heterocycles. The Hall–Kier alpha value is -1.19. The zero-order valence-electron chi connectivity index (χ0n) is 7.50. The summed E-state index contributed by atoms with van der Waals surface area (Å²) in [7, 11) is 0. The summed E-state index contributed by atoms with van der Waals surface area (Å²) in [4.78, 5) is 3.74. The highest BCUT2D eigenvalue weighted by atomic mass is 19.3. The third kappa shape index (κ3) is 2.97. The smallest absolute Gasteiger partial charge is 0.388 e. The van der Waals surface area contributed by atoms with Gasteiger partial charge >= 0.3 is 6.61 Å². The second kappa shape index (κ2) is 4.16. The van der Waals surface area contributed by atoms with Crippen LogP contribution in [0.25, 0.3) is 0 Å². The molecule has 0 aliphatic heterocycles. The highest BCUT2D eigenvalue weighted by Gasteiger charge is 2.05. The summed E-state index contributed by atoms with van der Waals surface area (Å²) < 4.78 is 27.5. The van der Waals surface area contributed by atoms with E-state index in [1.165, 1.54) is 6.07 Å². The number of pyridine rings is 1. The number of hydrogen-bond acceptors (Lipinski definition) is 2. The van der Waals surface area contributed by atoms with Crippen LogP contribution in [0.3, 0.4) is 0 Å². The van der Waals surface area contributed by atoms with Gasteiger partial charge in [0, 0.05) is 12.3 Å². The van der Waals surface area contributed by atoms with Crippen LogP contribution in [0.1, 0.15) is 25.3 Å². The van der Waals surface area contributed by atoms with E-state index in [0.717, 1.165) is 5.56 Å². The van der Waals surface area contributed by atoms with E-state index in [4.69, 9.17) is 0 Å². The fourth-order valence-corrected chi connectivity index (χ4v) is 0.894. The quantitative estimate of drug-likeness (QED) is 0.725. The number of alkyl halides is 2. The van der Waals surface area contributed by atoms with E-state index in [0.29, 0.717) is 5.92 Å². The molecule has 0 radical (unpaired) electrons. The minimum Gasteiger partial charge on any atom is -0.417 e. The van der Waals surface area contributed by atoms with E-state index in [1.807, 2.05) is 13.8 Å². The van der Waals surface area contributed by atoms with Gasteiger partial charge in [0.05, 0.1) is 0 Å². The van der Waals surface area contributed by atoms with Crippen molar-refractivity contribution in [3.05, 3.63) is 23.9 Å². The van der Waals surface area contributed by atoms with E-state index in [9.17, 15) is 8.78 Å². The molecule has 0 N–H and O–H groups in total. The number of aromatic nitrogens is 1. The first kappa shape index (κ1) is 9.89. The first-order valence-corrected chi connectivity index (χ1v) is 4.00. The lowest BCUT2D eigenvalue weighted by Gasteiger charge is -2.06. The Kier molecular flexibility index (Phi) is 3.17. The van der Waals surface area contributed by atoms with Crippen LogP contribution in [0.5, 0.6) is 5.88 Å². The summed E-state index contributed by atoms with van der Waals surface area (Å²) in [6, 6.07) is 3.18. The van der Waals surface area contributed by atoms with E-state index in [1.54, 1.807) is 12.3 Å². The second-order valence-electron chi connectivity index (χ2n) is 2.96. The van der Waals surface area contributed by atoms with Crippen LogP contribution in [-0.2, 0) is 0 Å². The van der Waals surface area contributed by atoms with Crippen molar-refractivity contribution in [1.82, 2.24) is 4.98 Å². The molecule has 0 saturated carbocycles. The molecule has 13 heavy (non-hydrogen) atoms. The molecule has 2 nitrogen and oxygen atoms in total. The summed E-state index contributed by atoms with van der Waals surface area (Å²) >= 11 is 0. The minimum absolute atomic E-state index is 0.0422. The Morgan fingerprint density at radius 2 is 2.00 bits per heavy atom. The molecule has 0 aromatic carbocycles. The third-order valence-electron chi connectivity index (χ3n) is 1.64. The molecule has 1 rings (SSSR count). The van der Waals surface area contributed by atoms with Gasteiger partial charge < -0.3 is 4.74 Å². The standard InChI is InChI=1S/C9H11F2NO/c1-6(2)7-3-4-8(12-5-7)13-9(10)11/h3-6,9H,1-2H3. The van der Waals surface area contributed by atoms with Gasteiger partial charge in [0.2, 0.25) is 5.88 Å². The van der Waals surface area contributed by atoms with Gasteiger partial charge in [-0.2, -0.15) is 8.78 Å². The van der Waals surface area contributed by atoms with E-state index in [-0.39, 0.29) is 5.88 Å². The highest BCUT2D eigenvalue weighted by Crippen LogP contribution is 2.16. The van der Waals surface area contributed by atoms with Gasteiger partial charge in [-0.3, -0.25) is 0 Å². The van der Waals surface area contributed by atoms with Crippen molar-refractivity contribution in [2.75, 3.05) is 0 Å². The average Bonchev–Trinajstić information content (AvgIpc) is 2.04. The molecule has 0 aliphatic rings. The van der Waals surface area contributed by atoms with Gasteiger partial charge in [0.15, 0.2) is 0 Å². The van der Waals surface area contributed by atoms with Crippen LogP contribution in [0.15, 0.2) is 18.3 Å². The number of rotatable bonds is 3. The van der Waals surface area contributed by atoms with E-state index >= 15 is 0 Å². The summed E-state index contributed by atoms with van der Waals surface area (Å²) in [6.07, 6.45) is 1.54. The molecule has 0 bridgehead atoms. The van der Waals surface area contributed by atoms with Crippen molar-refractivity contribution in [1.29, 1.82) is 0 Å². The van der Waals surface area contributed by atoms with E-state index in [2.05, 4.69) is 9.72 Å². The van der Waals surface area contributed by atoms with Crippen molar-refractivity contribution in [2.45, 2.75) is 26.4 Å². The lowest BCUT2D eigenvalue weighted by atomic mass is 10.1. The Morgan fingerprint density at radius 3 is 2.38 bits per heavy atom. The van der Waals surface area contributed by atoms with Crippen molar-refractivity contribution in [2.24, 2.45) is 0 Å². The molecule has 0 atom stereocenters. The Morgan fingerprint density at radius 1 is 1.31 bits per heavy atom. The van der Waals surface area contributed by atoms with Crippen molar-refractivity contribution in [3.8, 4) is 5.88 Å². The van der Waals surface area contributed by atoms with Gasteiger partial charge in [0.25, 0.3) is 0 Å². The van der Waals surface area contributed by atoms with Crippen LogP contribution >= 0.6 is 0 Å². The molecule has 0 amide bonds. The maximum atomic E-state index is 11.7. The highest BCUT2D eigenvalue weighted by molar-refractivity contribution is 5.20. The molecule has 72 valence electrons. The molecule has 0 fully saturated rings. The van der Waals surface area contributed by atoms with Crippen molar-refractivity contribution >= 4 is 0 Å². The van der Waals surface area contributed by atoms with E-state index < -0.39 is 6.61 Å². The summed E-state index contributed by atoms with van der Waals surface area (Å²) in [6.45, 7) is 1.20. The zero-order valence-corrected chi connectivity index (χ0v) is 7.50. The van der Waals surface area contributed by atoms with Gasteiger partial charge in [-0.05, 0) is 11.5 Å². The lowest BCUT2D eigenvalue weighted by Crippen LogP contribution is -2.03. The topological polar surface area (TPSA) is 22.1 Å². The molecular formula is C9H11F2NO. The molecule has 4 heteroatoms. The predicted molar refractivity (Wildman–Crippen MR) is 45.0 cm³/mol. The first-order chi connectivity index (χ1) is 6.09. The Labute approximate surface area is 75.6 Å². The fraction of sp³-hybridized carbons (Fsp3) is 0.444. The number of halogens is 2. The lowest BCUT2D eigenvalue weighted by molar-refractivity contribution is -0.0528. The van der Waals surface area contributed by atoms with Crippen LogP contribution in [-0.4, -0.2) is 11.6 Å². The minimum atomic E-state index is -2.81. The summed E-state index contributed by atoms with van der Waals surface area (Å²) in [5.41, 5.74) is 1.00. The van der Waals surface area contributed by atoms with Crippen LogP contribution in [0, 0.1) is 0 Å². The van der Waals surface area contributed by atoms with Gasteiger partial charge in [0.1, 0.15) is 0 Å². The van der Waals surface area contributed by atoms with Crippen LogP contribution in [0.2, 0.25) is 0 Å². The Bertz CT molecular complexity index is 259. The molecule has 0 spiro atoms. The third-order valence-corrected chi connectivity index (χ3v) is 1.64.